The van der Waals surface area contributed by atoms with E-state index < -0.39 is 18.0 Å². The van der Waals surface area contributed by atoms with Gasteiger partial charge in [-0.3, -0.25) is 5.43 Å². The Hall–Kier alpha value is -1.34. The highest BCUT2D eigenvalue weighted by atomic mass is 16.5. The Kier molecular flexibility index (Phi) is 5.00. The van der Waals surface area contributed by atoms with E-state index in [1.54, 1.807) is 11.9 Å². The van der Waals surface area contributed by atoms with Crippen LogP contribution < -0.4 is 10.7 Å². The van der Waals surface area contributed by atoms with Crippen molar-refractivity contribution in [1.82, 2.24) is 15.8 Å². The Morgan fingerprint density at radius 3 is 2.56 bits per heavy atom. The van der Waals surface area contributed by atoms with E-state index in [0.717, 1.165) is 0 Å². The summed E-state index contributed by atoms with van der Waals surface area (Å²) in [5.41, 5.74) is 2.58. The Labute approximate surface area is 93.7 Å². The summed E-state index contributed by atoms with van der Waals surface area (Å²) in [6, 6.07) is -1.34. The molecule has 16 heavy (non-hydrogen) atoms. The molecule has 0 saturated carbocycles. The Morgan fingerprint density at radius 1 is 1.44 bits per heavy atom. The Balaban J connectivity index is 2.31. The third-order valence-electron chi connectivity index (χ3n) is 2.28. The number of nitrogens with one attached hydrogen (secondary N) is 2. The van der Waals surface area contributed by atoms with Crippen LogP contribution >= 0.6 is 0 Å². The van der Waals surface area contributed by atoms with Crippen molar-refractivity contribution >= 4 is 12.0 Å². The van der Waals surface area contributed by atoms with Crippen molar-refractivity contribution in [2.24, 2.45) is 0 Å². The minimum absolute atomic E-state index is 0.353. The molecule has 0 aromatic heterocycles. The number of carbonyl (C=O) groups is 2. The first-order valence-electron chi connectivity index (χ1n) is 5.26. The summed E-state index contributed by atoms with van der Waals surface area (Å²) >= 11 is 0. The molecule has 0 aliphatic carbocycles. The number of hydrazine groups is 1. The van der Waals surface area contributed by atoms with Gasteiger partial charge in [-0.2, -0.15) is 0 Å². The molecule has 1 aliphatic heterocycles. The zero-order valence-corrected chi connectivity index (χ0v) is 9.23. The zero-order valence-electron chi connectivity index (χ0n) is 9.23. The molecular weight excluding hydrogens is 214 g/mol. The standard InChI is InChI=1S/C9H17N3O4/c1-2-7(8(13)14)10-9(15)11-12-3-5-16-6-4-12/h7H,2-6H2,1H3,(H,13,14)(H2,10,11,15)/t7-/m1/s1. The molecule has 0 unspecified atom stereocenters. The summed E-state index contributed by atoms with van der Waals surface area (Å²) in [6.07, 6.45) is 0.353. The van der Waals surface area contributed by atoms with Gasteiger partial charge in [0, 0.05) is 13.1 Å². The topological polar surface area (TPSA) is 90.9 Å². The fourth-order valence-electron chi connectivity index (χ4n) is 1.35. The molecule has 0 radical (unpaired) electrons. The van der Waals surface area contributed by atoms with Gasteiger partial charge in [-0.15, -0.1) is 0 Å². The minimum Gasteiger partial charge on any atom is -0.480 e. The lowest BCUT2D eigenvalue weighted by molar-refractivity contribution is -0.139. The lowest BCUT2D eigenvalue weighted by atomic mass is 10.2. The second-order valence-corrected chi connectivity index (χ2v) is 3.48. The van der Waals surface area contributed by atoms with Gasteiger partial charge in [0.2, 0.25) is 0 Å². The largest absolute Gasteiger partial charge is 0.480 e. The van der Waals surface area contributed by atoms with Gasteiger partial charge in [-0.1, -0.05) is 6.92 Å². The Bertz CT molecular complexity index is 253. The van der Waals surface area contributed by atoms with Crippen molar-refractivity contribution in [2.45, 2.75) is 19.4 Å². The number of carboxylic acids is 1. The number of carboxylic acid groups (broad SMARTS) is 1. The van der Waals surface area contributed by atoms with E-state index in [1.807, 2.05) is 0 Å². The van der Waals surface area contributed by atoms with Crippen LogP contribution in [0.2, 0.25) is 0 Å². The van der Waals surface area contributed by atoms with Crippen LogP contribution in [0, 0.1) is 0 Å². The van der Waals surface area contributed by atoms with Gasteiger partial charge in [-0.05, 0) is 6.42 Å². The summed E-state index contributed by atoms with van der Waals surface area (Å²) in [6.45, 7) is 4.05. The second-order valence-electron chi connectivity index (χ2n) is 3.48. The number of morpholine rings is 1. The van der Waals surface area contributed by atoms with Crippen LogP contribution in [0.25, 0.3) is 0 Å². The summed E-state index contributed by atoms with van der Waals surface area (Å²) in [7, 11) is 0. The van der Waals surface area contributed by atoms with Crippen LogP contribution in [0.5, 0.6) is 0 Å². The molecule has 1 rings (SSSR count). The number of urea groups is 1. The summed E-state index contributed by atoms with van der Waals surface area (Å²) in [5, 5.41) is 12.8. The fourth-order valence-corrected chi connectivity index (χ4v) is 1.35. The van der Waals surface area contributed by atoms with Gasteiger partial charge in [0.1, 0.15) is 6.04 Å². The van der Waals surface area contributed by atoms with Crippen LogP contribution in [0.15, 0.2) is 0 Å². The van der Waals surface area contributed by atoms with Gasteiger partial charge in [0.15, 0.2) is 0 Å². The minimum atomic E-state index is -1.03. The van der Waals surface area contributed by atoms with Crippen molar-refractivity contribution in [2.75, 3.05) is 26.3 Å². The SMILES string of the molecule is CC[C@@H](NC(=O)NN1CCOCC1)C(=O)O. The maximum Gasteiger partial charge on any atom is 0.330 e. The van der Waals surface area contributed by atoms with Crippen molar-refractivity contribution in [1.29, 1.82) is 0 Å². The maximum absolute atomic E-state index is 11.4. The van der Waals surface area contributed by atoms with Gasteiger partial charge < -0.3 is 15.2 Å². The predicted molar refractivity (Wildman–Crippen MR) is 55.8 cm³/mol. The maximum atomic E-state index is 11.4. The number of ether oxygens (including phenoxy) is 1. The van der Waals surface area contributed by atoms with E-state index in [1.165, 1.54) is 0 Å². The fraction of sp³-hybridized carbons (Fsp3) is 0.778. The summed E-state index contributed by atoms with van der Waals surface area (Å²) < 4.78 is 5.11. The van der Waals surface area contributed by atoms with E-state index in [2.05, 4.69) is 10.7 Å². The highest BCUT2D eigenvalue weighted by Gasteiger charge is 2.19. The van der Waals surface area contributed by atoms with Crippen LogP contribution in [0.3, 0.4) is 0 Å². The van der Waals surface area contributed by atoms with Crippen molar-refractivity contribution in [3.05, 3.63) is 0 Å². The third kappa shape index (κ3) is 4.03. The average molecular weight is 231 g/mol. The molecule has 7 heteroatoms. The molecule has 0 aromatic rings. The number of amides is 2. The molecule has 1 fully saturated rings. The second kappa shape index (κ2) is 6.29. The number of aliphatic carboxylic acids is 1. The first-order chi connectivity index (χ1) is 7.63. The number of carbonyl (C=O) groups excluding carboxylic acids is 1. The number of hydrogen-bond donors (Lipinski definition) is 3. The highest BCUT2D eigenvalue weighted by molar-refractivity contribution is 5.82. The van der Waals surface area contributed by atoms with Crippen LogP contribution in [-0.4, -0.2) is 54.5 Å². The first kappa shape index (κ1) is 12.7. The average Bonchev–Trinajstić information content (AvgIpc) is 2.27. The number of hydrogen-bond acceptors (Lipinski definition) is 4. The van der Waals surface area contributed by atoms with E-state index >= 15 is 0 Å². The van der Waals surface area contributed by atoms with Gasteiger partial charge in [0.25, 0.3) is 0 Å². The number of nitrogens with zero attached hydrogens (tertiary/aromatic N) is 1. The van der Waals surface area contributed by atoms with Crippen LogP contribution in [0.1, 0.15) is 13.3 Å². The molecular formula is C9H17N3O4. The van der Waals surface area contributed by atoms with Gasteiger partial charge >= 0.3 is 12.0 Å². The monoisotopic (exact) mass is 231 g/mol. The highest BCUT2D eigenvalue weighted by Crippen LogP contribution is 1.94. The molecule has 0 bridgehead atoms. The lowest BCUT2D eigenvalue weighted by Crippen LogP contribution is -2.54. The van der Waals surface area contributed by atoms with Gasteiger partial charge in [-0.25, -0.2) is 14.6 Å². The van der Waals surface area contributed by atoms with E-state index in [-0.39, 0.29) is 0 Å². The molecule has 1 atom stereocenters. The van der Waals surface area contributed by atoms with Crippen LogP contribution in [-0.2, 0) is 9.53 Å². The molecule has 92 valence electrons. The van der Waals surface area contributed by atoms with Crippen molar-refractivity contribution in [3.8, 4) is 0 Å². The Morgan fingerprint density at radius 2 is 2.06 bits per heavy atom. The van der Waals surface area contributed by atoms with Gasteiger partial charge in [0.05, 0.1) is 13.2 Å². The molecule has 2 amide bonds. The van der Waals surface area contributed by atoms with E-state index in [4.69, 9.17) is 9.84 Å². The summed E-state index contributed by atoms with van der Waals surface area (Å²) in [4.78, 5) is 22.1. The third-order valence-corrected chi connectivity index (χ3v) is 2.28. The summed E-state index contributed by atoms with van der Waals surface area (Å²) in [5.74, 6) is -1.03. The quantitative estimate of drug-likeness (QED) is 0.600. The molecule has 3 N–H and O–H groups in total. The van der Waals surface area contributed by atoms with E-state index in [0.29, 0.717) is 32.7 Å². The zero-order chi connectivity index (χ0) is 12.0. The van der Waals surface area contributed by atoms with Crippen molar-refractivity contribution in [3.63, 3.8) is 0 Å². The first-order valence-corrected chi connectivity index (χ1v) is 5.26. The molecule has 1 aliphatic rings. The molecule has 7 nitrogen and oxygen atoms in total. The lowest BCUT2D eigenvalue weighted by Gasteiger charge is -2.27. The van der Waals surface area contributed by atoms with Crippen LogP contribution in [0.4, 0.5) is 4.79 Å². The van der Waals surface area contributed by atoms with Crippen molar-refractivity contribution < 1.29 is 19.4 Å². The normalized spacial score (nSPS) is 18.8. The molecule has 0 spiro atoms. The smallest absolute Gasteiger partial charge is 0.330 e. The number of rotatable bonds is 4. The predicted octanol–water partition coefficient (Wildman–Crippen LogP) is -0.604. The molecule has 1 heterocycles. The van der Waals surface area contributed by atoms with E-state index in [9.17, 15) is 9.59 Å². The molecule has 1 saturated heterocycles. The molecule has 0 aromatic carbocycles.